The summed E-state index contributed by atoms with van der Waals surface area (Å²) in [6.07, 6.45) is 7.79. The number of hydrogen-bond acceptors (Lipinski definition) is 4. The molecule has 0 radical (unpaired) electrons. The summed E-state index contributed by atoms with van der Waals surface area (Å²) in [6, 6.07) is 1.99. The number of nitrogens with zero attached hydrogens (tertiary/aromatic N) is 3. The lowest BCUT2D eigenvalue weighted by Gasteiger charge is -2.27. The van der Waals surface area contributed by atoms with Crippen LogP contribution in [0.15, 0.2) is 18.5 Å². The molecular weight excluding hydrogens is 242 g/mol. The molecule has 0 saturated heterocycles. The average molecular weight is 261 g/mol. The number of ether oxygens (including phenoxy) is 1. The van der Waals surface area contributed by atoms with E-state index < -0.39 is 0 Å². The van der Waals surface area contributed by atoms with Crippen molar-refractivity contribution in [3.05, 3.63) is 24.2 Å². The molecule has 5 nitrogen and oxygen atoms in total. The summed E-state index contributed by atoms with van der Waals surface area (Å²) >= 11 is 0. The number of aliphatic hydroxyl groups is 1. The van der Waals surface area contributed by atoms with Gasteiger partial charge in [0.15, 0.2) is 0 Å². The Morgan fingerprint density at radius 2 is 2.16 bits per heavy atom. The molecule has 0 aromatic carbocycles. The Kier molecular flexibility index (Phi) is 3.38. The second-order valence-electron chi connectivity index (χ2n) is 5.29. The van der Waals surface area contributed by atoms with Gasteiger partial charge in [-0.2, -0.15) is 5.10 Å². The summed E-state index contributed by atoms with van der Waals surface area (Å²) in [6.45, 7) is 2.26. The number of rotatable bonds is 3. The Labute approximate surface area is 112 Å². The standard InChI is InChI=1S/C14H19N3O2/c1-10-8-13-14(15-6-7-17(13)16-10)19-12-4-2-11(9-18)3-5-12/h6-8,11-12,18H,2-5,9H2,1H3. The molecule has 1 N–H and O–H groups in total. The van der Waals surface area contributed by atoms with Crippen molar-refractivity contribution in [1.82, 2.24) is 14.6 Å². The summed E-state index contributed by atoms with van der Waals surface area (Å²) in [7, 11) is 0. The van der Waals surface area contributed by atoms with Crippen LogP contribution < -0.4 is 4.74 Å². The first-order valence-corrected chi connectivity index (χ1v) is 6.85. The van der Waals surface area contributed by atoms with Crippen LogP contribution >= 0.6 is 0 Å². The molecule has 0 bridgehead atoms. The Morgan fingerprint density at radius 1 is 1.37 bits per heavy atom. The Balaban J connectivity index is 1.75. The molecular formula is C14H19N3O2. The van der Waals surface area contributed by atoms with Gasteiger partial charge in [-0.15, -0.1) is 0 Å². The van der Waals surface area contributed by atoms with Crippen molar-refractivity contribution < 1.29 is 9.84 Å². The topological polar surface area (TPSA) is 59.7 Å². The molecule has 0 spiro atoms. The minimum absolute atomic E-state index is 0.205. The Bertz CT molecular complexity index is 559. The number of fused-ring (bicyclic) bond motifs is 1. The van der Waals surface area contributed by atoms with Gasteiger partial charge in [-0.1, -0.05) is 0 Å². The molecule has 1 fully saturated rings. The van der Waals surface area contributed by atoms with Crippen molar-refractivity contribution in [2.75, 3.05) is 6.61 Å². The first-order chi connectivity index (χ1) is 9.26. The van der Waals surface area contributed by atoms with E-state index >= 15 is 0 Å². The Hall–Kier alpha value is -1.62. The number of aliphatic hydroxyl groups excluding tert-OH is 1. The molecule has 2 heterocycles. The third-order valence-corrected chi connectivity index (χ3v) is 3.81. The normalized spacial score (nSPS) is 23.7. The molecule has 0 amide bonds. The second-order valence-corrected chi connectivity index (χ2v) is 5.29. The molecule has 102 valence electrons. The molecule has 1 aliphatic carbocycles. The summed E-state index contributed by atoms with van der Waals surface area (Å²) in [4.78, 5) is 4.32. The van der Waals surface area contributed by atoms with Gasteiger partial charge in [0.1, 0.15) is 11.6 Å². The van der Waals surface area contributed by atoms with Gasteiger partial charge in [0.05, 0.1) is 5.69 Å². The summed E-state index contributed by atoms with van der Waals surface area (Å²) in [5.74, 6) is 1.11. The van der Waals surface area contributed by atoms with Crippen molar-refractivity contribution in [1.29, 1.82) is 0 Å². The van der Waals surface area contributed by atoms with Crippen molar-refractivity contribution in [3.8, 4) is 5.88 Å². The van der Waals surface area contributed by atoms with E-state index in [4.69, 9.17) is 9.84 Å². The fourth-order valence-electron chi connectivity index (χ4n) is 2.70. The van der Waals surface area contributed by atoms with Gasteiger partial charge in [-0.05, 0) is 44.6 Å². The van der Waals surface area contributed by atoms with E-state index in [2.05, 4.69) is 10.1 Å². The van der Waals surface area contributed by atoms with E-state index in [1.807, 2.05) is 19.2 Å². The highest BCUT2D eigenvalue weighted by Crippen LogP contribution is 2.28. The molecule has 1 aliphatic rings. The van der Waals surface area contributed by atoms with Gasteiger partial charge in [0.25, 0.3) is 0 Å². The van der Waals surface area contributed by atoms with Crippen molar-refractivity contribution in [2.24, 2.45) is 5.92 Å². The highest BCUT2D eigenvalue weighted by atomic mass is 16.5. The maximum Gasteiger partial charge on any atom is 0.240 e. The number of aromatic nitrogens is 3. The highest BCUT2D eigenvalue weighted by molar-refractivity contribution is 5.56. The quantitative estimate of drug-likeness (QED) is 0.917. The first-order valence-electron chi connectivity index (χ1n) is 6.85. The summed E-state index contributed by atoms with van der Waals surface area (Å²) < 4.78 is 7.82. The van der Waals surface area contributed by atoms with Crippen molar-refractivity contribution in [2.45, 2.75) is 38.7 Å². The third-order valence-electron chi connectivity index (χ3n) is 3.81. The van der Waals surface area contributed by atoms with Crippen LogP contribution in [-0.2, 0) is 0 Å². The summed E-state index contributed by atoms with van der Waals surface area (Å²) in [5.41, 5.74) is 1.88. The lowest BCUT2D eigenvalue weighted by Crippen LogP contribution is -2.26. The van der Waals surface area contributed by atoms with Crippen LogP contribution in [0.25, 0.3) is 5.52 Å². The van der Waals surface area contributed by atoms with Gasteiger partial charge in [0, 0.05) is 19.0 Å². The molecule has 0 unspecified atom stereocenters. The Morgan fingerprint density at radius 3 is 2.89 bits per heavy atom. The van der Waals surface area contributed by atoms with Crippen LogP contribution in [0.1, 0.15) is 31.4 Å². The maximum absolute atomic E-state index is 9.15. The zero-order valence-electron chi connectivity index (χ0n) is 11.1. The molecule has 19 heavy (non-hydrogen) atoms. The lowest BCUT2D eigenvalue weighted by molar-refractivity contribution is 0.101. The van der Waals surface area contributed by atoms with Crippen molar-refractivity contribution >= 4 is 5.52 Å². The van der Waals surface area contributed by atoms with Gasteiger partial charge in [-0.3, -0.25) is 0 Å². The molecule has 2 aromatic heterocycles. The van der Waals surface area contributed by atoms with E-state index in [9.17, 15) is 0 Å². The number of hydrogen-bond donors (Lipinski definition) is 1. The predicted octanol–water partition coefficient (Wildman–Crippen LogP) is 1.97. The lowest BCUT2D eigenvalue weighted by atomic mass is 9.88. The van der Waals surface area contributed by atoms with Crippen LogP contribution in [0.5, 0.6) is 5.88 Å². The van der Waals surface area contributed by atoms with Crippen LogP contribution in [0, 0.1) is 12.8 Å². The molecule has 5 heteroatoms. The van der Waals surface area contributed by atoms with E-state index in [1.54, 1.807) is 10.7 Å². The van der Waals surface area contributed by atoms with Gasteiger partial charge >= 0.3 is 0 Å². The van der Waals surface area contributed by atoms with Crippen molar-refractivity contribution in [3.63, 3.8) is 0 Å². The fourth-order valence-corrected chi connectivity index (χ4v) is 2.70. The van der Waals surface area contributed by atoms with E-state index in [1.165, 1.54) is 0 Å². The molecule has 1 saturated carbocycles. The summed E-state index contributed by atoms with van der Waals surface area (Å²) in [5, 5.41) is 13.5. The second kappa shape index (κ2) is 5.17. The molecule has 0 atom stereocenters. The number of aryl methyl sites for hydroxylation is 1. The van der Waals surface area contributed by atoms with E-state index in [-0.39, 0.29) is 6.10 Å². The molecule has 3 rings (SSSR count). The van der Waals surface area contributed by atoms with E-state index in [0.717, 1.165) is 36.9 Å². The minimum atomic E-state index is 0.205. The predicted molar refractivity (Wildman–Crippen MR) is 71.2 cm³/mol. The van der Waals surface area contributed by atoms with Gasteiger partial charge in [0.2, 0.25) is 5.88 Å². The van der Waals surface area contributed by atoms with Crippen LogP contribution in [0.4, 0.5) is 0 Å². The monoisotopic (exact) mass is 261 g/mol. The molecule has 0 aliphatic heterocycles. The minimum Gasteiger partial charge on any atom is -0.473 e. The zero-order chi connectivity index (χ0) is 13.2. The largest absolute Gasteiger partial charge is 0.473 e. The third kappa shape index (κ3) is 2.56. The van der Waals surface area contributed by atoms with Crippen LogP contribution in [-0.4, -0.2) is 32.4 Å². The van der Waals surface area contributed by atoms with Gasteiger partial charge < -0.3 is 9.84 Å². The van der Waals surface area contributed by atoms with E-state index in [0.29, 0.717) is 18.4 Å². The maximum atomic E-state index is 9.15. The average Bonchev–Trinajstić information content (AvgIpc) is 2.81. The van der Waals surface area contributed by atoms with Crippen LogP contribution in [0.3, 0.4) is 0 Å². The smallest absolute Gasteiger partial charge is 0.240 e. The van der Waals surface area contributed by atoms with Crippen LogP contribution in [0.2, 0.25) is 0 Å². The molecule has 2 aromatic rings. The SMILES string of the molecule is Cc1cc2c(OC3CCC(CO)CC3)nccn2n1. The highest BCUT2D eigenvalue weighted by Gasteiger charge is 2.23. The fraction of sp³-hybridized carbons (Fsp3) is 0.571. The van der Waals surface area contributed by atoms with Gasteiger partial charge in [-0.25, -0.2) is 9.50 Å². The zero-order valence-corrected chi connectivity index (χ0v) is 11.1. The first kappa shape index (κ1) is 12.4.